The Morgan fingerprint density at radius 2 is 2.28 bits per heavy atom. The second kappa shape index (κ2) is 7.07. The minimum Gasteiger partial charge on any atom is -0.481 e. The normalized spacial score (nSPS) is 11.9. The Balaban J connectivity index is 2.52. The average Bonchev–Trinajstić information content (AvgIpc) is 2.33. The molecule has 0 aliphatic carbocycles. The van der Waals surface area contributed by atoms with Crippen LogP contribution in [0.4, 0.5) is 0 Å². The molecule has 18 heavy (non-hydrogen) atoms. The first-order valence-electron chi connectivity index (χ1n) is 5.16. The predicted molar refractivity (Wildman–Crippen MR) is 67.3 cm³/mol. The van der Waals surface area contributed by atoms with E-state index in [-0.39, 0.29) is 18.9 Å². The molecular formula is C11H13BrN2O4. The molecule has 0 fully saturated rings. The number of aliphatic carboxylic acids is 1. The molecule has 0 saturated carbocycles. The number of carbonyl (C=O) groups is 2. The molecule has 6 nitrogen and oxygen atoms in total. The summed E-state index contributed by atoms with van der Waals surface area (Å²) in [5.74, 6) is -1.29. The molecule has 1 heterocycles. The van der Waals surface area contributed by atoms with Gasteiger partial charge in [0, 0.05) is 30.5 Å². The predicted octanol–water partition coefficient (Wildman–Crippen LogP) is 1.06. The Morgan fingerprint density at radius 1 is 1.56 bits per heavy atom. The van der Waals surface area contributed by atoms with Crippen molar-refractivity contribution in [1.82, 2.24) is 10.3 Å². The number of nitrogens with one attached hydrogen (secondary N) is 1. The third kappa shape index (κ3) is 4.80. The number of methoxy groups -OCH3 is 1. The van der Waals surface area contributed by atoms with Crippen LogP contribution in [0, 0.1) is 0 Å². The fourth-order valence-electron chi connectivity index (χ4n) is 1.28. The Hall–Kier alpha value is -1.47. The number of nitrogens with zero attached hydrogens (tertiary/aromatic N) is 1. The molecule has 1 rings (SSSR count). The van der Waals surface area contributed by atoms with Gasteiger partial charge in [0.1, 0.15) is 0 Å². The van der Waals surface area contributed by atoms with Gasteiger partial charge in [-0.2, -0.15) is 0 Å². The minimum absolute atomic E-state index is 0.133. The third-order valence-electron chi connectivity index (χ3n) is 2.19. The van der Waals surface area contributed by atoms with Crippen molar-refractivity contribution < 1.29 is 19.4 Å². The van der Waals surface area contributed by atoms with Crippen molar-refractivity contribution in [2.24, 2.45) is 0 Å². The zero-order chi connectivity index (χ0) is 13.5. The topological polar surface area (TPSA) is 88.5 Å². The highest BCUT2D eigenvalue weighted by Gasteiger charge is 2.14. The first kappa shape index (κ1) is 14.6. The Kier molecular flexibility index (Phi) is 5.73. The van der Waals surface area contributed by atoms with Crippen molar-refractivity contribution in [3.63, 3.8) is 0 Å². The summed E-state index contributed by atoms with van der Waals surface area (Å²) in [6.07, 6.45) is 2.29. The molecule has 0 radical (unpaired) electrons. The van der Waals surface area contributed by atoms with Gasteiger partial charge in [0.05, 0.1) is 18.1 Å². The van der Waals surface area contributed by atoms with E-state index in [1.807, 2.05) is 0 Å². The largest absolute Gasteiger partial charge is 0.481 e. The number of hydrogen-bond donors (Lipinski definition) is 2. The molecule has 1 aromatic rings. The fraction of sp³-hybridized carbons (Fsp3) is 0.364. The highest BCUT2D eigenvalue weighted by Crippen LogP contribution is 2.09. The summed E-state index contributed by atoms with van der Waals surface area (Å²) < 4.78 is 5.65. The van der Waals surface area contributed by atoms with Crippen LogP contribution in [0.3, 0.4) is 0 Å². The van der Waals surface area contributed by atoms with Crippen LogP contribution < -0.4 is 5.32 Å². The number of aromatic nitrogens is 1. The lowest BCUT2D eigenvalue weighted by molar-refractivity contribution is -0.139. The van der Waals surface area contributed by atoms with Crippen LogP contribution in [0.5, 0.6) is 0 Å². The molecule has 0 aliphatic heterocycles. The van der Waals surface area contributed by atoms with E-state index in [4.69, 9.17) is 9.84 Å². The molecule has 0 aliphatic rings. The van der Waals surface area contributed by atoms with E-state index in [2.05, 4.69) is 26.2 Å². The van der Waals surface area contributed by atoms with Gasteiger partial charge >= 0.3 is 5.97 Å². The summed E-state index contributed by atoms with van der Waals surface area (Å²) in [7, 11) is 1.40. The summed E-state index contributed by atoms with van der Waals surface area (Å²) in [5.41, 5.74) is 0.398. The van der Waals surface area contributed by atoms with Crippen molar-refractivity contribution in [2.75, 3.05) is 13.7 Å². The molecule has 7 heteroatoms. The number of carboxylic acid groups (broad SMARTS) is 1. The average molecular weight is 317 g/mol. The summed E-state index contributed by atoms with van der Waals surface area (Å²) in [4.78, 5) is 26.1. The molecule has 1 aromatic heterocycles. The van der Waals surface area contributed by atoms with Crippen LogP contribution in [-0.2, 0) is 9.53 Å². The first-order valence-corrected chi connectivity index (χ1v) is 5.95. The lowest BCUT2D eigenvalue weighted by Gasteiger charge is -2.13. The van der Waals surface area contributed by atoms with E-state index >= 15 is 0 Å². The molecule has 0 bridgehead atoms. The van der Waals surface area contributed by atoms with Crippen LogP contribution in [0.1, 0.15) is 16.8 Å². The lowest BCUT2D eigenvalue weighted by Crippen LogP contribution is -2.34. The van der Waals surface area contributed by atoms with Crippen LogP contribution in [0.2, 0.25) is 0 Å². The highest BCUT2D eigenvalue weighted by molar-refractivity contribution is 9.10. The second-order valence-electron chi connectivity index (χ2n) is 3.56. The van der Waals surface area contributed by atoms with E-state index in [0.29, 0.717) is 10.0 Å². The molecule has 1 amide bonds. The number of carbonyl (C=O) groups excluding carboxylic acids is 1. The SMILES string of the molecule is COC(CNC(=O)c1cncc(Br)c1)CC(=O)O. The molecule has 98 valence electrons. The van der Waals surface area contributed by atoms with E-state index in [9.17, 15) is 9.59 Å². The zero-order valence-corrected chi connectivity index (χ0v) is 11.3. The molecule has 1 atom stereocenters. The van der Waals surface area contributed by atoms with Gasteiger partial charge in [0.25, 0.3) is 5.91 Å². The zero-order valence-electron chi connectivity index (χ0n) is 9.72. The molecule has 0 aromatic carbocycles. The molecule has 0 spiro atoms. The van der Waals surface area contributed by atoms with Gasteiger partial charge < -0.3 is 15.2 Å². The van der Waals surface area contributed by atoms with Gasteiger partial charge in [0.15, 0.2) is 0 Å². The van der Waals surface area contributed by atoms with Gasteiger partial charge in [-0.3, -0.25) is 14.6 Å². The molecule has 2 N–H and O–H groups in total. The maximum atomic E-state index is 11.7. The quantitative estimate of drug-likeness (QED) is 0.819. The maximum absolute atomic E-state index is 11.7. The van der Waals surface area contributed by atoms with E-state index in [1.165, 1.54) is 13.3 Å². The van der Waals surface area contributed by atoms with Crippen molar-refractivity contribution in [1.29, 1.82) is 0 Å². The van der Waals surface area contributed by atoms with Crippen LogP contribution >= 0.6 is 15.9 Å². The molecular weight excluding hydrogens is 304 g/mol. The van der Waals surface area contributed by atoms with Crippen LogP contribution in [0.25, 0.3) is 0 Å². The standard InChI is InChI=1S/C11H13BrN2O4/c1-18-9(3-10(15)16)6-14-11(17)7-2-8(12)5-13-4-7/h2,4-5,9H,3,6H2,1H3,(H,14,17)(H,15,16). The smallest absolute Gasteiger partial charge is 0.306 e. The van der Waals surface area contributed by atoms with E-state index in [0.717, 1.165) is 0 Å². The Bertz CT molecular complexity index is 439. The Morgan fingerprint density at radius 3 is 2.83 bits per heavy atom. The summed E-state index contributed by atoms with van der Waals surface area (Å²) in [6, 6.07) is 1.63. The minimum atomic E-state index is -0.972. The van der Waals surface area contributed by atoms with Crippen molar-refractivity contribution >= 4 is 27.8 Å². The maximum Gasteiger partial charge on any atom is 0.306 e. The number of pyridine rings is 1. The van der Waals surface area contributed by atoms with Crippen LogP contribution in [0.15, 0.2) is 22.9 Å². The summed E-state index contributed by atoms with van der Waals surface area (Å²) >= 11 is 3.21. The number of halogens is 1. The monoisotopic (exact) mass is 316 g/mol. The fourth-order valence-corrected chi connectivity index (χ4v) is 1.64. The molecule has 0 saturated heterocycles. The van der Waals surface area contributed by atoms with E-state index in [1.54, 1.807) is 12.3 Å². The number of rotatable bonds is 6. The first-order chi connectivity index (χ1) is 8.52. The number of carboxylic acids is 1. The lowest BCUT2D eigenvalue weighted by atomic mass is 10.2. The highest BCUT2D eigenvalue weighted by atomic mass is 79.9. The van der Waals surface area contributed by atoms with Gasteiger partial charge in [-0.05, 0) is 22.0 Å². The van der Waals surface area contributed by atoms with Gasteiger partial charge in [-0.15, -0.1) is 0 Å². The van der Waals surface area contributed by atoms with Gasteiger partial charge in [-0.25, -0.2) is 0 Å². The van der Waals surface area contributed by atoms with Gasteiger partial charge in [-0.1, -0.05) is 0 Å². The summed E-state index contributed by atoms with van der Waals surface area (Å²) in [5, 5.41) is 11.2. The van der Waals surface area contributed by atoms with Gasteiger partial charge in [0.2, 0.25) is 0 Å². The number of ether oxygens (including phenoxy) is 1. The van der Waals surface area contributed by atoms with Crippen molar-refractivity contribution in [3.05, 3.63) is 28.5 Å². The van der Waals surface area contributed by atoms with Crippen molar-refractivity contribution in [3.8, 4) is 0 Å². The second-order valence-corrected chi connectivity index (χ2v) is 4.47. The molecule has 1 unspecified atom stereocenters. The van der Waals surface area contributed by atoms with Crippen LogP contribution in [-0.4, -0.2) is 41.7 Å². The van der Waals surface area contributed by atoms with Crippen molar-refractivity contribution in [2.45, 2.75) is 12.5 Å². The number of hydrogen-bond acceptors (Lipinski definition) is 4. The van der Waals surface area contributed by atoms with E-state index < -0.39 is 12.1 Å². The third-order valence-corrected chi connectivity index (χ3v) is 2.63. The number of amides is 1. The summed E-state index contributed by atoms with van der Waals surface area (Å²) in [6.45, 7) is 0.133. The Labute approximate surface area is 112 Å².